The Balaban J connectivity index is 1.77. The third-order valence-electron chi connectivity index (χ3n) is 5.12. The molecular weight excluding hydrogens is 324 g/mol. The van der Waals surface area contributed by atoms with Crippen LogP contribution in [0.15, 0.2) is 16.6 Å². The highest BCUT2D eigenvalue weighted by molar-refractivity contribution is 9.10. The van der Waals surface area contributed by atoms with E-state index in [1.165, 1.54) is 37.8 Å². The zero-order valence-electron chi connectivity index (χ0n) is 11.6. The van der Waals surface area contributed by atoms with Crippen LogP contribution < -0.4 is 5.32 Å². The van der Waals surface area contributed by atoms with Crippen LogP contribution in [0.5, 0.6) is 0 Å². The van der Waals surface area contributed by atoms with Gasteiger partial charge in [-0.3, -0.25) is 0 Å². The molecule has 0 amide bonds. The maximum absolute atomic E-state index is 14.1. The molecule has 110 valence electrons. The van der Waals surface area contributed by atoms with Crippen molar-refractivity contribution in [3.63, 3.8) is 0 Å². The lowest BCUT2D eigenvalue weighted by molar-refractivity contribution is 0.439. The second-order valence-corrected chi connectivity index (χ2v) is 6.96. The quantitative estimate of drug-likeness (QED) is 0.804. The summed E-state index contributed by atoms with van der Waals surface area (Å²) in [5, 5.41) is 3.29. The van der Waals surface area contributed by atoms with Gasteiger partial charge in [-0.1, -0.05) is 12.8 Å². The van der Waals surface area contributed by atoms with Gasteiger partial charge in [0.2, 0.25) is 0 Å². The number of rotatable bonds is 4. The van der Waals surface area contributed by atoms with Crippen LogP contribution in [-0.2, 0) is 6.42 Å². The Bertz CT molecular complexity index is 493. The third kappa shape index (κ3) is 2.52. The number of nitrogens with one attached hydrogen (secondary N) is 1. The van der Waals surface area contributed by atoms with Gasteiger partial charge in [0.1, 0.15) is 11.6 Å². The van der Waals surface area contributed by atoms with Gasteiger partial charge in [0.15, 0.2) is 0 Å². The second kappa shape index (κ2) is 5.72. The van der Waals surface area contributed by atoms with Crippen LogP contribution in [0.2, 0.25) is 0 Å². The SMILES string of the molecule is CNC(Cc1c(F)ccc(Br)c1F)C1C2CCCCC21. The molecule has 3 atom stereocenters. The zero-order valence-corrected chi connectivity index (χ0v) is 13.2. The van der Waals surface area contributed by atoms with Crippen molar-refractivity contribution >= 4 is 15.9 Å². The summed E-state index contributed by atoms with van der Waals surface area (Å²) >= 11 is 3.14. The number of halogens is 3. The predicted octanol–water partition coefficient (Wildman–Crippen LogP) is 4.29. The molecule has 0 aromatic heterocycles. The topological polar surface area (TPSA) is 12.0 Å². The van der Waals surface area contributed by atoms with Crippen LogP contribution in [0.25, 0.3) is 0 Å². The van der Waals surface area contributed by atoms with Crippen LogP contribution in [-0.4, -0.2) is 13.1 Å². The molecule has 3 rings (SSSR count). The molecule has 2 saturated carbocycles. The fourth-order valence-corrected chi connectivity index (χ4v) is 4.42. The highest BCUT2D eigenvalue weighted by atomic mass is 79.9. The van der Waals surface area contributed by atoms with E-state index >= 15 is 0 Å². The maximum atomic E-state index is 14.1. The van der Waals surface area contributed by atoms with E-state index in [1.807, 2.05) is 7.05 Å². The summed E-state index contributed by atoms with van der Waals surface area (Å²) < 4.78 is 28.3. The van der Waals surface area contributed by atoms with Crippen molar-refractivity contribution in [3.05, 3.63) is 33.8 Å². The van der Waals surface area contributed by atoms with Gasteiger partial charge in [0.05, 0.1) is 4.47 Å². The normalized spacial score (nSPS) is 29.9. The summed E-state index contributed by atoms with van der Waals surface area (Å²) in [6.07, 6.45) is 5.64. The minimum atomic E-state index is -0.450. The minimum absolute atomic E-state index is 0.182. The van der Waals surface area contributed by atoms with Crippen LogP contribution in [0.3, 0.4) is 0 Å². The number of benzene rings is 1. The molecule has 1 aromatic carbocycles. The smallest absolute Gasteiger partial charge is 0.143 e. The molecule has 0 spiro atoms. The molecule has 4 heteroatoms. The molecule has 0 saturated heterocycles. The Kier molecular flexibility index (Phi) is 4.14. The Morgan fingerprint density at radius 3 is 2.50 bits per heavy atom. The molecule has 0 radical (unpaired) electrons. The summed E-state index contributed by atoms with van der Waals surface area (Å²) in [5.74, 6) is 1.27. The molecule has 2 aliphatic rings. The molecule has 1 aromatic rings. The summed E-state index contributed by atoms with van der Waals surface area (Å²) in [6.45, 7) is 0. The first-order valence-corrected chi connectivity index (χ1v) is 8.22. The van der Waals surface area contributed by atoms with E-state index < -0.39 is 11.6 Å². The van der Waals surface area contributed by atoms with Gasteiger partial charge in [-0.2, -0.15) is 0 Å². The first kappa shape index (κ1) is 14.5. The Hall–Kier alpha value is -0.480. The lowest BCUT2D eigenvalue weighted by Gasteiger charge is -2.18. The van der Waals surface area contributed by atoms with E-state index in [9.17, 15) is 8.78 Å². The minimum Gasteiger partial charge on any atom is -0.316 e. The first-order chi connectivity index (χ1) is 9.63. The number of hydrogen-bond acceptors (Lipinski definition) is 1. The van der Waals surface area contributed by atoms with Gasteiger partial charge >= 0.3 is 0 Å². The third-order valence-corrected chi connectivity index (χ3v) is 5.73. The highest BCUT2D eigenvalue weighted by Crippen LogP contribution is 2.57. The van der Waals surface area contributed by atoms with Crippen molar-refractivity contribution in [2.45, 2.75) is 38.1 Å². The second-order valence-electron chi connectivity index (χ2n) is 6.11. The average molecular weight is 344 g/mol. The van der Waals surface area contributed by atoms with Gasteiger partial charge in [0.25, 0.3) is 0 Å². The Morgan fingerprint density at radius 2 is 1.90 bits per heavy atom. The van der Waals surface area contributed by atoms with E-state index in [4.69, 9.17) is 0 Å². The van der Waals surface area contributed by atoms with Crippen LogP contribution in [0.1, 0.15) is 31.2 Å². The van der Waals surface area contributed by atoms with Gasteiger partial charge in [0, 0.05) is 11.6 Å². The first-order valence-electron chi connectivity index (χ1n) is 7.43. The summed E-state index contributed by atoms with van der Waals surface area (Å²) in [4.78, 5) is 0. The van der Waals surface area contributed by atoms with E-state index in [-0.39, 0.29) is 11.6 Å². The van der Waals surface area contributed by atoms with Crippen molar-refractivity contribution in [3.8, 4) is 0 Å². The Labute approximate surface area is 127 Å². The lowest BCUT2D eigenvalue weighted by Crippen LogP contribution is -2.31. The number of likely N-dealkylation sites (N-methyl/N-ethyl adjacent to an activating group) is 1. The van der Waals surface area contributed by atoms with Crippen molar-refractivity contribution in [2.75, 3.05) is 7.05 Å². The van der Waals surface area contributed by atoms with E-state index in [0.717, 1.165) is 11.8 Å². The summed E-state index contributed by atoms with van der Waals surface area (Å²) in [5.41, 5.74) is 0.211. The standard InChI is InChI=1S/C16H20BrF2N/c1-20-14(15-9-4-2-3-5-10(9)15)8-11-13(18)7-6-12(17)16(11)19/h6-7,9-10,14-15,20H,2-5,8H2,1H3. The molecule has 0 heterocycles. The molecule has 0 bridgehead atoms. The molecule has 1 nitrogen and oxygen atoms in total. The number of hydrogen-bond donors (Lipinski definition) is 1. The van der Waals surface area contributed by atoms with Crippen LogP contribution >= 0.6 is 15.9 Å². The van der Waals surface area contributed by atoms with Gasteiger partial charge in [-0.25, -0.2) is 8.78 Å². The van der Waals surface area contributed by atoms with Gasteiger partial charge < -0.3 is 5.32 Å². The van der Waals surface area contributed by atoms with Gasteiger partial charge in [-0.05, 0) is 72.1 Å². The van der Waals surface area contributed by atoms with Gasteiger partial charge in [-0.15, -0.1) is 0 Å². The molecular formula is C16H20BrF2N. The van der Waals surface area contributed by atoms with Crippen molar-refractivity contribution in [1.29, 1.82) is 0 Å². The fraction of sp³-hybridized carbons (Fsp3) is 0.625. The van der Waals surface area contributed by atoms with Crippen LogP contribution in [0, 0.1) is 29.4 Å². The summed E-state index contributed by atoms with van der Waals surface area (Å²) in [6, 6.07) is 2.95. The van der Waals surface area contributed by atoms with Crippen LogP contribution in [0.4, 0.5) is 8.78 Å². The molecule has 20 heavy (non-hydrogen) atoms. The largest absolute Gasteiger partial charge is 0.316 e. The average Bonchev–Trinajstić information content (AvgIpc) is 3.18. The fourth-order valence-electron chi connectivity index (χ4n) is 4.05. The van der Waals surface area contributed by atoms with E-state index in [2.05, 4.69) is 21.2 Å². The number of fused-ring (bicyclic) bond motifs is 1. The van der Waals surface area contributed by atoms with Crippen molar-refractivity contribution in [1.82, 2.24) is 5.32 Å². The molecule has 2 aliphatic carbocycles. The maximum Gasteiger partial charge on any atom is 0.143 e. The van der Waals surface area contributed by atoms with E-state index in [1.54, 1.807) is 0 Å². The molecule has 0 aliphatic heterocycles. The lowest BCUT2D eigenvalue weighted by atomic mass is 9.99. The predicted molar refractivity (Wildman–Crippen MR) is 79.5 cm³/mol. The molecule has 2 fully saturated rings. The monoisotopic (exact) mass is 343 g/mol. The van der Waals surface area contributed by atoms with E-state index in [0.29, 0.717) is 16.8 Å². The zero-order chi connectivity index (χ0) is 14.3. The highest BCUT2D eigenvalue weighted by Gasteiger charge is 2.53. The Morgan fingerprint density at radius 1 is 1.25 bits per heavy atom. The molecule has 3 unspecified atom stereocenters. The summed E-state index contributed by atoms with van der Waals surface area (Å²) in [7, 11) is 1.91. The molecule has 1 N–H and O–H groups in total. The van der Waals surface area contributed by atoms with Crippen molar-refractivity contribution < 1.29 is 8.78 Å². The van der Waals surface area contributed by atoms with Crippen molar-refractivity contribution in [2.24, 2.45) is 17.8 Å².